The van der Waals surface area contributed by atoms with Gasteiger partial charge in [-0.2, -0.15) is 0 Å². The third-order valence-corrected chi connectivity index (χ3v) is 6.58. The topological polar surface area (TPSA) is 94.5 Å². The summed E-state index contributed by atoms with van der Waals surface area (Å²) in [5, 5.41) is 4.81. The summed E-state index contributed by atoms with van der Waals surface area (Å²) in [5.41, 5.74) is 4.65. The minimum Gasteiger partial charge on any atom is -0.465 e. The molecular weight excluding hydrogens is 468 g/mol. The lowest BCUT2D eigenvalue weighted by Gasteiger charge is -2.09. The van der Waals surface area contributed by atoms with Crippen molar-refractivity contribution in [1.29, 1.82) is 0 Å². The van der Waals surface area contributed by atoms with E-state index in [2.05, 4.69) is 9.88 Å². The maximum Gasteiger partial charge on any atom is 0.337 e. The van der Waals surface area contributed by atoms with Gasteiger partial charge in [0.25, 0.3) is 0 Å². The number of rotatable bonds is 10. The van der Waals surface area contributed by atoms with Crippen molar-refractivity contribution in [2.45, 2.75) is 46.2 Å². The van der Waals surface area contributed by atoms with Crippen LogP contribution >= 0.6 is 0 Å². The molecule has 3 aromatic carbocycles. The van der Waals surface area contributed by atoms with Gasteiger partial charge in [0.1, 0.15) is 0 Å². The Bertz CT molecular complexity index is 1430. The number of methoxy groups -OCH3 is 1. The van der Waals surface area contributed by atoms with Crippen LogP contribution < -0.4 is 5.32 Å². The van der Waals surface area contributed by atoms with Crippen LogP contribution in [0, 0.1) is 0 Å². The molecule has 0 aliphatic rings. The lowest BCUT2D eigenvalue weighted by Crippen LogP contribution is -2.22. The van der Waals surface area contributed by atoms with Crippen molar-refractivity contribution in [3.8, 4) is 0 Å². The van der Waals surface area contributed by atoms with Gasteiger partial charge >= 0.3 is 5.97 Å². The van der Waals surface area contributed by atoms with Crippen molar-refractivity contribution < 1.29 is 23.9 Å². The van der Waals surface area contributed by atoms with E-state index in [0.717, 1.165) is 33.8 Å². The van der Waals surface area contributed by atoms with Gasteiger partial charge in [0.05, 0.1) is 12.7 Å². The molecule has 0 spiro atoms. The number of hydrogen-bond donors (Lipinski definition) is 1. The van der Waals surface area contributed by atoms with Crippen molar-refractivity contribution in [2.24, 2.45) is 0 Å². The second kappa shape index (κ2) is 11.2. The first kappa shape index (κ1) is 25.8. The van der Waals surface area contributed by atoms with Crippen LogP contribution in [0.2, 0.25) is 0 Å². The van der Waals surface area contributed by atoms with Crippen LogP contribution in [0.5, 0.6) is 0 Å². The minimum atomic E-state index is -0.391. The van der Waals surface area contributed by atoms with Gasteiger partial charge in [-0.3, -0.25) is 14.4 Å². The number of aromatic nitrogens is 1. The third kappa shape index (κ3) is 5.77. The molecule has 4 aromatic rings. The molecule has 4 rings (SSSR count). The molecular formula is C30H30N2O5. The first-order valence-electron chi connectivity index (χ1n) is 12.3. The summed E-state index contributed by atoms with van der Waals surface area (Å²) in [6, 6.07) is 18.3. The van der Waals surface area contributed by atoms with Crippen LogP contribution in [-0.4, -0.2) is 35.1 Å². The number of ketones is 2. The number of amides is 1. The Labute approximate surface area is 215 Å². The van der Waals surface area contributed by atoms with Crippen LogP contribution in [0.3, 0.4) is 0 Å². The van der Waals surface area contributed by atoms with Gasteiger partial charge in [0.15, 0.2) is 11.6 Å². The van der Waals surface area contributed by atoms with Crippen molar-refractivity contribution in [3.63, 3.8) is 0 Å². The lowest BCUT2D eigenvalue weighted by molar-refractivity contribution is -0.121. The van der Waals surface area contributed by atoms with Crippen LogP contribution in [0.25, 0.3) is 21.8 Å². The van der Waals surface area contributed by atoms with Crippen LogP contribution in [0.4, 0.5) is 0 Å². The number of nitrogens with zero attached hydrogens (tertiary/aromatic N) is 1. The predicted molar refractivity (Wildman–Crippen MR) is 143 cm³/mol. The molecule has 1 heterocycles. The molecule has 1 amide bonds. The SMILES string of the molecule is COC(=O)c1ccc(CNC(=O)CCCCn2c3ccc(C(C)=O)cc3c3cc(C(C)=O)ccc32)cc1. The largest absolute Gasteiger partial charge is 0.465 e. The molecule has 37 heavy (non-hydrogen) atoms. The molecule has 190 valence electrons. The van der Waals surface area contributed by atoms with E-state index in [-0.39, 0.29) is 17.5 Å². The number of nitrogens with one attached hydrogen (secondary N) is 1. The Kier molecular flexibility index (Phi) is 7.82. The Morgan fingerprint density at radius 2 is 1.30 bits per heavy atom. The normalized spacial score (nSPS) is 11.0. The first-order valence-corrected chi connectivity index (χ1v) is 12.3. The van der Waals surface area contributed by atoms with E-state index in [9.17, 15) is 19.2 Å². The second-order valence-corrected chi connectivity index (χ2v) is 9.15. The monoisotopic (exact) mass is 498 g/mol. The molecule has 0 fully saturated rings. The first-order chi connectivity index (χ1) is 17.8. The van der Waals surface area contributed by atoms with Crippen LogP contribution in [0.15, 0.2) is 60.7 Å². The van der Waals surface area contributed by atoms with Crippen LogP contribution in [0.1, 0.15) is 69.7 Å². The van der Waals surface area contributed by atoms with Crippen molar-refractivity contribution in [3.05, 3.63) is 82.9 Å². The number of hydrogen-bond acceptors (Lipinski definition) is 5. The highest BCUT2D eigenvalue weighted by atomic mass is 16.5. The Morgan fingerprint density at radius 3 is 1.81 bits per heavy atom. The zero-order chi connectivity index (χ0) is 26.5. The maximum atomic E-state index is 12.4. The van der Waals surface area contributed by atoms with Crippen molar-refractivity contribution in [2.75, 3.05) is 7.11 Å². The highest BCUT2D eigenvalue weighted by Gasteiger charge is 2.14. The number of unbranched alkanes of at least 4 members (excludes halogenated alkanes) is 1. The average Bonchev–Trinajstić information content (AvgIpc) is 3.21. The fourth-order valence-corrected chi connectivity index (χ4v) is 4.50. The summed E-state index contributed by atoms with van der Waals surface area (Å²) in [5.74, 6) is -0.430. The number of fused-ring (bicyclic) bond motifs is 3. The van der Waals surface area contributed by atoms with Gasteiger partial charge in [0, 0.05) is 52.4 Å². The Morgan fingerprint density at radius 1 is 0.757 bits per heavy atom. The van der Waals surface area contributed by atoms with E-state index >= 15 is 0 Å². The molecule has 7 nitrogen and oxygen atoms in total. The van der Waals surface area contributed by atoms with Crippen molar-refractivity contribution >= 4 is 45.2 Å². The molecule has 0 aliphatic carbocycles. The van der Waals surface area contributed by atoms with E-state index < -0.39 is 5.97 Å². The number of esters is 1. The quantitative estimate of drug-likeness (QED) is 0.178. The van der Waals surface area contributed by atoms with Gasteiger partial charge < -0.3 is 14.6 Å². The van der Waals surface area contributed by atoms with Gasteiger partial charge in [-0.15, -0.1) is 0 Å². The summed E-state index contributed by atoms with van der Waals surface area (Å²) in [6.45, 7) is 4.19. The average molecular weight is 499 g/mol. The molecule has 0 atom stereocenters. The molecule has 7 heteroatoms. The zero-order valence-electron chi connectivity index (χ0n) is 21.3. The van der Waals surface area contributed by atoms with Crippen molar-refractivity contribution in [1.82, 2.24) is 9.88 Å². The number of aryl methyl sites for hydroxylation is 1. The number of Topliss-reactive ketones (excluding diaryl/α,β-unsaturated/α-hetero) is 2. The number of carbonyl (C=O) groups excluding carboxylic acids is 4. The van der Waals surface area contributed by atoms with E-state index in [1.165, 1.54) is 7.11 Å². The van der Waals surface area contributed by atoms with E-state index in [1.54, 1.807) is 38.1 Å². The molecule has 1 N–H and O–H groups in total. The Hall–Kier alpha value is -4.26. The summed E-state index contributed by atoms with van der Waals surface area (Å²) in [7, 11) is 1.34. The molecule has 0 saturated carbocycles. The molecule has 1 aromatic heterocycles. The van der Waals surface area contributed by atoms with E-state index in [0.29, 0.717) is 42.6 Å². The number of carbonyl (C=O) groups is 4. The zero-order valence-corrected chi connectivity index (χ0v) is 21.3. The third-order valence-electron chi connectivity index (χ3n) is 6.58. The van der Waals surface area contributed by atoms with Gasteiger partial charge in [-0.05, 0) is 80.8 Å². The molecule has 0 saturated heterocycles. The van der Waals surface area contributed by atoms with E-state index in [4.69, 9.17) is 4.74 Å². The lowest BCUT2D eigenvalue weighted by atomic mass is 10.0. The highest BCUT2D eigenvalue weighted by molar-refractivity contribution is 6.12. The molecule has 0 unspecified atom stereocenters. The fraction of sp³-hybridized carbons (Fsp3) is 0.267. The van der Waals surface area contributed by atoms with Gasteiger partial charge in [0.2, 0.25) is 5.91 Å². The second-order valence-electron chi connectivity index (χ2n) is 9.15. The minimum absolute atomic E-state index is 0.00376. The summed E-state index contributed by atoms with van der Waals surface area (Å²) < 4.78 is 6.89. The molecule has 0 bridgehead atoms. The number of benzene rings is 3. The van der Waals surface area contributed by atoms with E-state index in [1.807, 2.05) is 36.4 Å². The number of ether oxygens (including phenoxy) is 1. The Balaban J connectivity index is 1.40. The molecule has 0 radical (unpaired) electrons. The standard InChI is InChI=1S/C30H30N2O5/c1-19(33)23-11-13-27-25(16-23)26-17-24(20(2)34)12-14-28(26)32(27)15-5-4-6-29(35)31-18-21-7-9-22(10-8-21)30(36)37-3/h7-14,16-17H,4-6,15,18H2,1-3H3,(H,31,35). The molecule has 0 aliphatic heterocycles. The summed E-state index contributed by atoms with van der Waals surface area (Å²) in [6.07, 6.45) is 1.91. The summed E-state index contributed by atoms with van der Waals surface area (Å²) in [4.78, 5) is 47.8. The maximum absolute atomic E-state index is 12.4. The fourth-order valence-electron chi connectivity index (χ4n) is 4.50. The highest BCUT2D eigenvalue weighted by Crippen LogP contribution is 2.31. The predicted octanol–water partition coefficient (Wildman–Crippen LogP) is 5.47. The van der Waals surface area contributed by atoms with Gasteiger partial charge in [-0.25, -0.2) is 4.79 Å². The smallest absolute Gasteiger partial charge is 0.337 e. The van der Waals surface area contributed by atoms with Crippen LogP contribution in [-0.2, 0) is 22.6 Å². The summed E-state index contributed by atoms with van der Waals surface area (Å²) >= 11 is 0. The van der Waals surface area contributed by atoms with Gasteiger partial charge in [-0.1, -0.05) is 12.1 Å².